The molecular formula is C8H18N2O2. The van der Waals surface area contributed by atoms with Crippen LogP contribution in [0.4, 0.5) is 0 Å². The van der Waals surface area contributed by atoms with Gasteiger partial charge in [0.25, 0.3) is 0 Å². The van der Waals surface area contributed by atoms with Crippen LogP contribution in [0.3, 0.4) is 0 Å². The molecule has 1 aliphatic rings. The molecule has 0 saturated carbocycles. The first kappa shape index (κ1) is 9.92. The summed E-state index contributed by atoms with van der Waals surface area (Å²) in [4.78, 5) is 6.63. The predicted molar refractivity (Wildman–Crippen MR) is 46.4 cm³/mol. The van der Waals surface area contributed by atoms with Crippen molar-refractivity contribution in [1.82, 2.24) is 4.90 Å². The van der Waals surface area contributed by atoms with Crippen molar-refractivity contribution in [3.8, 4) is 0 Å². The number of rotatable bonds is 4. The maximum absolute atomic E-state index is 9.35. The number of nitrogens with zero attached hydrogens (tertiary/aromatic N) is 1. The summed E-state index contributed by atoms with van der Waals surface area (Å²) < 4.78 is 0. The molecule has 12 heavy (non-hydrogen) atoms. The predicted octanol–water partition coefficient (Wildman–Crippen LogP) is -0.277. The zero-order chi connectivity index (χ0) is 8.81. The summed E-state index contributed by atoms with van der Waals surface area (Å²) in [6.45, 7) is 3.12. The molecule has 0 radical (unpaired) electrons. The monoisotopic (exact) mass is 174 g/mol. The van der Waals surface area contributed by atoms with Gasteiger partial charge in [0, 0.05) is 6.54 Å². The number of likely N-dealkylation sites (tertiary alicyclic amines) is 1. The molecule has 1 unspecified atom stereocenters. The molecule has 0 bridgehead atoms. The molecule has 0 aliphatic carbocycles. The summed E-state index contributed by atoms with van der Waals surface area (Å²) in [5.74, 6) is 4.86. The minimum absolute atomic E-state index is 0.233. The number of aliphatic hydroxyl groups excluding tert-OH is 1. The fourth-order valence-electron chi connectivity index (χ4n) is 1.60. The minimum atomic E-state index is -0.437. The summed E-state index contributed by atoms with van der Waals surface area (Å²) >= 11 is 0. The molecule has 0 aromatic heterocycles. The van der Waals surface area contributed by atoms with Gasteiger partial charge in [-0.3, -0.25) is 0 Å². The molecule has 1 aliphatic heterocycles. The lowest BCUT2D eigenvalue weighted by Crippen LogP contribution is -2.38. The van der Waals surface area contributed by atoms with Crippen LogP contribution in [-0.2, 0) is 4.84 Å². The zero-order valence-corrected chi connectivity index (χ0v) is 7.41. The first-order chi connectivity index (χ1) is 5.83. The van der Waals surface area contributed by atoms with Gasteiger partial charge in [0.05, 0.1) is 12.7 Å². The first-order valence-corrected chi connectivity index (χ1v) is 4.55. The quantitative estimate of drug-likeness (QED) is 0.576. The molecule has 0 amide bonds. The van der Waals surface area contributed by atoms with E-state index in [2.05, 4.69) is 9.74 Å². The molecule has 0 aromatic carbocycles. The van der Waals surface area contributed by atoms with Gasteiger partial charge in [-0.15, -0.1) is 0 Å². The Morgan fingerprint density at radius 1 is 1.33 bits per heavy atom. The second-order valence-corrected chi connectivity index (χ2v) is 3.35. The summed E-state index contributed by atoms with van der Waals surface area (Å²) in [6, 6.07) is 0. The van der Waals surface area contributed by atoms with Crippen molar-refractivity contribution >= 4 is 0 Å². The van der Waals surface area contributed by atoms with Crippen molar-refractivity contribution < 1.29 is 9.94 Å². The van der Waals surface area contributed by atoms with Crippen LogP contribution in [0, 0.1) is 0 Å². The van der Waals surface area contributed by atoms with Crippen LogP contribution in [-0.4, -0.2) is 42.4 Å². The van der Waals surface area contributed by atoms with Crippen LogP contribution >= 0.6 is 0 Å². The molecule has 3 N–H and O–H groups in total. The molecule has 1 saturated heterocycles. The Balaban J connectivity index is 2.11. The van der Waals surface area contributed by atoms with Gasteiger partial charge in [0.15, 0.2) is 0 Å². The van der Waals surface area contributed by atoms with Crippen molar-refractivity contribution in [2.75, 3.05) is 26.2 Å². The van der Waals surface area contributed by atoms with E-state index in [4.69, 9.17) is 5.90 Å². The molecule has 1 atom stereocenters. The Labute approximate surface area is 73.2 Å². The highest BCUT2D eigenvalue weighted by Crippen LogP contribution is 2.08. The third-order valence-electron chi connectivity index (χ3n) is 2.21. The molecule has 72 valence electrons. The molecule has 4 nitrogen and oxygen atoms in total. The molecule has 0 spiro atoms. The number of β-amino-alcohol motifs (C(OH)–C–C–N with tert-alkyl or cyclic N) is 1. The summed E-state index contributed by atoms with van der Waals surface area (Å²) in [5, 5.41) is 9.35. The van der Waals surface area contributed by atoms with Crippen molar-refractivity contribution in [1.29, 1.82) is 0 Å². The van der Waals surface area contributed by atoms with Gasteiger partial charge in [-0.1, -0.05) is 6.42 Å². The van der Waals surface area contributed by atoms with E-state index in [1.807, 2.05) is 0 Å². The lowest BCUT2D eigenvalue weighted by molar-refractivity contribution is 0.0131. The Morgan fingerprint density at radius 2 is 2.00 bits per heavy atom. The van der Waals surface area contributed by atoms with Crippen molar-refractivity contribution in [3.05, 3.63) is 0 Å². The maximum Gasteiger partial charge on any atom is 0.0951 e. The van der Waals surface area contributed by atoms with E-state index in [9.17, 15) is 5.11 Å². The standard InChI is InChI=1S/C8H18N2O2/c9-12-7-8(11)6-10-4-2-1-3-5-10/h8,11H,1-7,9H2. The second kappa shape index (κ2) is 5.48. The molecule has 1 fully saturated rings. The Bertz CT molecular complexity index is 116. The molecular weight excluding hydrogens is 156 g/mol. The van der Waals surface area contributed by atoms with Gasteiger partial charge >= 0.3 is 0 Å². The summed E-state index contributed by atoms with van der Waals surface area (Å²) in [6.07, 6.45) is 3.37. The molecule has 1 rings (SSSR count). The van der Waals surface area contributed by atoms with E-state index < -0.39 is 6.10 Å². The SMILES string of the molecule is NOCC(O)CN1CCCCC1. The smallest absolute Gasteiger partial charge is 0.0951 e. The fraction of sp³-hybridized carbons (Fsp3) is 1.00. The normalized spacial score (nSPS) is 22.5. The van der Waals surface area contributed by atoms with E-state index in [0.29, 0.717) is 6.54 Å². The first-order valence-electron chi connectivity index (χ1n) is 4.55. The molecule has 4 heteroatoms. The van der Waals surface area contributed by atoms with Crippen LogP contribution in [0.2, 0.25) is 0 Å². The maximum atomic E-state index is 9.35. The highest BCUT2D eigenvalue weighted by molar-refractivity contribution is 4.68. The highest BCUT2D eigenvalue weighted by atomic mass is 16.6. The number of hydrogen-bond acceptors (Lipinski definition) is 4. The van der Waals surface area contributed by atoms with E-state index in [-0.39, 0.29) is 6.61 Å². The highest BCUT2D eigenvalue weighted by Gasteiger charge is 2.13. The number of nitrogens with two attached hydrogens (primary N) is 1. The Hall–Kier alpha value is -0.160. The van der Waals surface area contributed by atoms with Crippen LogP contribution in [0.15, 0.2) is 0 Å². The van der Waals surface area contributed by atoms with Gasteiger partial charge in [-0.25, -0.2) is 5.90 Å². The van der Waals surface area contributed by atoms with Crippen LogP contribution in [0.25, 0.3) is 0 Å². The van der Waals surface area contributed by atoms with Crippen LogP contribution in [0.1, 0.15) is 19.3 Å². The third-order valence-corrected chi connectivity index (χ3v) is 2.21. The lowest BCUT2D eigenvalue weighted by Gasteiger charge is -2.27. The second-order valence-electron chi connectivity index (χ2n) is 3.35. The number of hydrogen-bond donors (Lipinski definition) is 2. The lowest BCUT2D eigenvalue weighted by atomic mass is 10.1. The zero-order valence-electron chi connectivity index (χ0n) is 7.41. The Morgan fingerprint density at radius 3 is 2.58 bits per heavy atom. The van der Waals surface area contributed by atoms with E-state index >= 15 is 0 Å². The van der Waals surface area contributed by atoms with Gasteiger partial charge in [-0.05, 0) is 25.9 Å². The minimum Gasteiger partial charge on any atom is -0.389 e. The topological polar surface area (TPSA) is 58.7 Å². The van der Waals surface area contributed by atoms with Gasteiger partial charge in [-0.2, -0.15) is 0 Å². The van der Waals surface area contributed by atoms with Crippen molar-refractivity contribution in [2.24, 2.45) is 5.90 Å². The molecule has 1 heterocycles. The number of aliphatic hydroxyl groups is 1. The van der Waals surface area contributed by atoms with Gasteiger partial charge in [0.2, 0.25) is 0 Å². The third kappa shape index (κ3) is 3.49. The van der Waals surface area contributed by atoms with Crippen LogP contribution < -0.4 is 5.90 Å². The summed E-state index contributed by atoms with van der Waals surface area (Å²) in [5.41, 5.74) is 0. The van der Waals surface area contributed by atoms with E-state index in [0.717, 1.165) is 13.1 Å². The van der Waals surface area contributed by atoms with Crippen molar-refractivity contribution in [3.63, 3.8) is 0 Å². The average molecular weight is 174 g/mol. The average Bonchev–Trinajstić information content (AvgIpc) is 2.06. The van der Waals surface area contributed by atoms with E-state index in [1.54, 1.807) is 0 Å². The largest absolute Gasteiger partial charge is 0.389 e. The van der Waals surface area contributed by atoms with Crippen molar-refractivity contribution in [2.45, 2.75) is 25.4 Å². The van der Waals surface area contributed by atoms with Gasteiger partial charge in [0.1, 0.15) is 0 Å². The van der Waals surface area contributed by atoms with Crippen LogP contribution in [0.5, 0.6) is 0 Å². The Kier molecular flexibility index (Phi) is 4.53. The molecule has 0 aromatic rings. The van der Waals surface area contributed by atoms with Gasteiger partial charge < -0.3 is 14.8 Å². The fourth-order valence-corrected chi connectivity index (χ4v) is 1.60. The number of piperidine rings is 1. The van der Waals surface area contributed by atoms with E-state index in [1.165, 1.54) is 19.3 Å². The summed E-state index contributed by atoms with van der Waals surface area (Å²) in [7, 11) is 0.